The Bertz CT molecular complexity index is 505. The Hall–Kier alpha value is -1.54. The molecule has 0 saturated carbocycles. The van der Waals surface area contributed by atoms with Crippen LogP contribution in [-0.4, -0.2) is 5.12 Å². The van der Waals surface area contributed by atoms with E-state index in [0.29, 0.717) is 0 Å². The summed E-state index contributed by atoms with van der Waals surface area (Å²) in [6.45, 7) is 2.08. The van der Waals surface area contributed by atoms with Gasteiger partial charge in [-0.2, -0.15) is 0 Å². The fraction of sp³-hybridized carbons (Fsp3) is 0.133. The van der Waals surface area contributed by atoms with Crippen LogP contribution in [0.5, 0.6) is 0 Å². The molecule has 0 amide bonds. The van der Waals surface area contributed by atoms with Gasteiger partial charge in [-0.15, -0.1) is 0 Å². The zero-order valence-electron chi connectivity index (χ0n) is 9.64. The Balaban J connectivity index is 2.13. The van der Waals surface area contributed by atoms with Gasteiger partial charge in [-0.1, -0.05) is 49.4 Å². The number of benzene rings is 2. The van der Waals surface area contributed by atoms with Crippen LogP contribution in [0.15, 0.2) is 53.4 Å². The first-order valence-electron chi connectivity index (χ1n) is 5.58. The number of thioether (sulfide) groups is 1. The molecule has 2 aromatic carbocycles. The van der Waals surface area contributed by atoms with Gasteiger partial charge in [-0.05, 0) is 29.8 Å². The highest BCUT2D eigenvalue weighted by molar-refractivity contribution is 8.14. The summed E-state index contributed by atoms with van der Waals surface area (Å²) >= 11 is 1.23. The third-order valence-electron chi connectivity index (χ3n) is 2.42. The minimum Gasteiger partial charge on any atom is -0.281 e. The van der Waals surface area contributed by atoms with Gasteiger partial charge in [-0.3, -0.25) is 4.79 Å². The molecule has 0 fully saturated rings. The van der Waals surface area contributed by atoms with Crippen LogP contribution >= 0.6 is 11.8 Å². The van der Waals surface area contributed by atoms with Crippen molar-refractivity contribution in [3.8, 4) is 0 Å². The van der Waals surface area contributed by atoms with E-state index in [1.807, 2.05) is 48.5 Å². The molecule has 0 N–H and O–H groups in total. The molecule has 0 spiro atoms. The largest absolute Gasteiger partial charge is 0.281 e. The molecular formula is C15H13OS. The van der Waals surface area contributed by atoms with E-state index in [2.05, 4.69) is 13.0 Å². The van der Waals surface area contributed by atoms with Crippen LogP contribution in [0, 0.1) is 6.07 Å². The van der Waals surface area contributed by atoms with Crippen LogP contribution < -0.4 is 0 Å². The summed E-state index contributed by atoms with van der Waals surface area (Å²) in [7, 11) is 0. The summed E-state index contributed by atoms with van der Waals surface area (Å²) < 4.78 is 0. The standard InChI is InChI=1S/C15H13OS/c1-2-12-7-6-10-14(11-12)17-15(16)13-8-4-3-5-9-13/h3-10H,2H2,1H3. The van der Waals surface area contributed by atoms with Gasteiger partial charge in [0.1, 0.15) is 0 Å². The Labute approximate surface area is 106 Å². The maximum atomic E-state index is 12.0. The second-order valence-corrected chi connectivity index (χ2v) is 4.66. The summed E-state index contributed by atoms with van der Waals surface area (Å²) in [5, 5.41) is 0.0649. The summed E-state index contributed by atoms with van der Waals surface area (Å²) in [6.07, 6.45) is 0.938. The third kappa shape index (κ3) is 3.21. The fourth-order valence-corrected chi connectivity index (χ4v) is 2.27. The Morgan fingerprint density at radius 1 is 1.12 bits per heavy atom. The Morgan fingerprint density at radius 2 is 1.88 bits per heavy atom. The van der Waals surface area contributed by atoms with E-state index in [0.717, 1.165) is 22.4 Å². The van der Waals surface area contributed by atoms with E-state index in [-0.39, 0.29) is 5.12 Å². The lowest BCUT2D eigenvalue weighted by atomic mass is 10.2. The lowest BCUT2D eigenvalue weighted by Crippen LogP contribution is -1.92. The number of hydrogen-bond acceptors (Lipinski definition) is 2. The molecule has 1 radical (unpaired) electrons. The molecule has 2 heteroatoms. The first-order chi connectivity index (χ1) is 8.29. The van der Waals surface area contributed by atoms with E-state index >= 15 is 0 Å². The minimum atomic E-state index is 0.0649. The average Bonchev–Trinajstić information content (AvgIpc) is 2.40. The minimum absolute atomic E-state index is 0.0649. The third-order valence-corrected chi connectivity index (χ3v) is 3.30. The number of rotatable bonds is 3. The monoisotopic (exact) mass is 241 g/mol. The van der Waals surface area contributed by atoms with Crippen molar-refractivity contribution < 1.29 is 4.79 Å². The van der Waals surface area contributed by atoms with Crippen LogP contribution in [0.3, 0.4) is 0 Å². The molecule has 0 atom stereocenters. The molecule has 1 nitrogen and oxygen atoms in total. The van der Waals surface area contributed by atoms with Crippen LogP contribution in [0.4, 0.5) is 0 Å². The number of hydrogen-bond donors (Lipinski definition) is 0. The van der Waals surface area contributed by atoms with Crippen LogP contribution in [0.1, 0.15) is 22.8 Å². The zero-order valence-corrected chi connectivity index (χ0v) is 10.5. The molecule has 0 aliphatic rings. The number of aryl methyl sites for hydroxylation is 1. The van der Waals surface area contributed by atoms with Gasteiger partial charge in [0.25, 0.3) is 0 Å². The van der Waals surface area contributed by atoms with Gasteiger partial charge in [0.2, 0.25) is 5.12 Å². The molecule has 2 aromatic rings. The lowest BCUT2D eigenvalue weighted by Gasteiger charge is -2.02. The van der Waals surface area contributed by atoms with Crippen molar-refractivity contribution in [3.05, 3.63) is 65.7 Å². The van der Waals surface area contributed by atoms with Crippen molar-refractivity contribution in [3.63, 3.8) is 0 Å². The van der Waals surface area contributed by atoms with Gasteiger partial charge in [0.05, 0.1) is 0 Å². The van der Waals surface area contributed by atoms with Crippen molar-refractivity contribution in [2.45, 2.75) is 18.2 Å². The molecule has 0 aliphatic carbocycles. The summed E-state index contributed by atoms with van der Waals surface area (Å²) in [6, 6.07) is 18.5. The van der Waals surface area contributed by atoms with Gasteiger partial charge in [-0.25, -0.2) is 0 Å². The molecule has 0 saturated heterocycles. The smallest absolute Gasteiger partial charge is 0.224 e. The van der Waals surface area contributed by atoms with Crippen molar-refractivity contribution in [2.24, 2.45) is 0 Å². The second-order valence-electron chi connectivity index (χ2n) is 3.65. The maximum absolute atomic E-state index is 12.0. The first-order valence-corrected chi connectivity index (χ1v) is 6.39. The van der Waals surface area contributed by atoms with Gasteiger partial charge < -0.3 is 0 Å². The van der Waals surface area contributed by atoms with Crippen molar-refractivity contribution in [2.75, 3.05) is 0 Å². The highest BCUT2D eigenvalue weighted by Crippen LogP contribution is 2.23. The molecule has 0 aromatic heterocycles. The van der Waals surface area contributed by atoms with Crippen LogP contribution in [-0.2, 0) is 6.42 Å². The molecule has 0 heterocycles. The van der Waals surface area contributed by atoms with Crippen molar-refractivity contribution in [1.29, 1.82) is 0 Å². The highest BCUT2D eigenvalue weighted by Gasteiger charge is 2.07. The van der Waals surface area contributed by atoms with Crippen LogP contribution in [0.25, 0.3) is 0 Å². The van der Waals surface area contributed by atoms with E-state index in [1.54, 1.807) is 0 Å². The predicted octanol–water partition coefficient (Wildman–Crippen LogP) is 3.98. The first kappa shape index (κ1) is 11.9. The number of carbonyl (C=O) groups is 1. The van der Waals surface area contributed by atoms with Crippen LogP contribution in [0.2, 0.25) is 0 Å². The predicted molar refractivity (Wildman–Crippen MR) is 71.3 cm³/mol. The molecular weight excluding hydrogens is 228 g/mol. The highest BCUT2D eigenvalue weighted by atomic mass is 32.2. The lowest BCUT2D eigenvalue weighted by molar-refractivity contribution is 0.108. The molecule has 0 aliphatic heterocycles. The Morgan fingerprint density at radius 3 is 2.59 bits per heavy atom. The van der Waals surface area contributed by atoms with Gasteiger partial charge in [0.15, 0.2) is 0 Å². The number of carbonyl (C=O) groups excluding carboxylic acids is 1. The molecule has 17 heavy (non-hydrogen) atoms. The summed E-state index contributed by atoms with van der Waals surface area (Å²) in [5.41, 5.74) is 1.86. The van der Waals surface area contributed by atoms with Crippen molar-refractivity contribution >= 4 is 16.9 Å². The quantitative estimate of drug-likeness (QED) is 0.756. The molecule has 0 bridgehead atoms. The SMILES string of the molecule is CCc1[c]c(SC(=O)c2ccccc2)ccc1. The molecule has 2 rings (SSSR count). The molecule has 0 unspecified atom stereocenters. The summed E-state index contributed by atoms with van der Waals surface area (Å²) in [5.74, 6) is 0. The molecule has 85 valence electrons. The summed E-state index contributed by atoms with van der Waals surface area (Å²) in [4.78, 5) is 12.8. The van der Waals surface area contributed by atoms with E-state index < -0.39 is 0 Å². The second kappa shape index (κ2) is 5.69. The van der Waals surface area contributed by atoms with Gasteiger partial charge in [0, 0.05) is 16.5 Å². The normalized spacial score (nSPS) is 10.2. The Kier molecular flexibility index (Phi) is 3.99. The fourth-order valence-electron chi connectivity index (χ4n) is 1.49. The zero-order chi connectivity index (χ0) is 12.1. The topological polar surface area (TPSA) is 17.1 Å². The maximum Gasteiger partial charge on any atom is 0.224 e. The average molecular weight is 241 g/mol. The van der Waals surface area contributed by atoms with Gasteiger partial charge >= 0.3 is 0 Å². The van der Waals surface area contributed by atoms with E-state index in [4.69, 9.17) is 0 Å². The van der Waals surface area contributed by atoms with Crippen molar-refractivity contribution in [1.82, 2.24) is 0 Å². The van der Waals surface area contributed by atoms with E-state index in [9.17, 15) is 4.79 Å². The van der Waals surface area contributed by atoms with E-state index in [1.165, 1.54) is 11.8 Å².